The highest BCUT2D eigenvalue weighted by Crippen LogP contribution is 2.24. The van der Waals surface area contributed by atoms with Gasteiger partial charge in [0, 0.05) is 29.4 Å². The molecule has 6 heteroatoms. The second-order valence-electron chi connectivity index (χ2n) is 4.42. The van der Waals surface area contributed by atoms with Crippen molar-refractivity contribution >= 4 is 16.7 Å². The molecule has 0 aromatic heterocycles. The molecular weight excluding hydrogens is 264 g/mol. The highest BCUT2D eigenvalue weighted by molar-refractivity contribution is 7.84. The lowest BCUT2D eigenvalue weighted by Gasteiger charge is -2.24. The van der Waals surface area contributed by atoms with Crippen LogP contribution in [0.3, 0.4) is 0 Å². The maximum atomic E-state index is 11.8. The van der Waals surface area contributed by atoms with Crippen molar-refractivity contribution in [2.45, 2.75) is 6.17 Å². The number of nitrogens with zero attached hydrogens (tertiary/aromatic N) is 1. The zero-order chi connectivity index (χ0) is 13.8. The molecule has 0 radical (unpaired) electrons. The molecule has 1 fully saturated rings. The number of carbonyl (C=O) groups is 1. The van der Waals surface area contributed by atoms with Crippen LogP contribution in [0.5, 0.6) is 5.75 Å². The lowest BCUT2D eigenvalue weighted by Crippen LogP contribution is -2.33. The van der Waals surface area contributed by atoms with Gasteiger partial charge in [0.25, 0.3) is 0 Å². The molecular formula is C13H18N2O3S. The van der Waals surface area contributed by atoms with Gasteiger partial charge in [-0.2, -0.15) is 0 Å². The zero-order valence-corrected chi connectivity index (χ0v) is 11.9. The molecule has 0 spiro atoms. The fourth-order valence-corrected chi connectivity index (χ4v) is 2.56. The van der Waals surface area contributed by atoms with Gasteiger partial charge in [-0.05, 0) is 17.7 Å². The number of methoxy groups -OCH3 is 1. The second-order valence-corrected chi connectivity index (χ2v) is 5.98. The molecule has 19 heavy (non-hydrogen) atoms. The summed E-state index contributed by atoms with van der Waals surface area (Å²) < 4.78 is 16.3. The minimum absolute atomic E-state index is 0.0475. The SMILES string of the molecule is COc1ccc(C2NCC(=O)N2CCS(C)=O)cc1. The monoisotopic (exact) mass is 282 g/mol. The molecule has 0 saturated carbocycles. The van der Waals surface area contributed by atoms with E-state index in [0.717, 1.165) is 11.3 Å². The van der Waals surface area contributed by atoms with Crippen molar-refractivity contribution in [1.29, 1.82) is 0 Å². The number of nitrogens with one attached hydrogen (secondary N) is 1. The number of hydrogen-bond donors (Lipinski definition) is 1. The van der Waals surface area contributed by atoms with Crippen molar-refractivity contribution in [3.05, 3.63) is 29.8 Å². The molecule has 1 aromatic rings. The highest BCUT2D eigenvalue weighted by Gasteiger charge is 2.31. The van der Waals surface area contributed by atoms with Crippen LogP contribution in [0.1, 0.15) is 11.7 Å². The van der Waals surface area contributed by atoms with E-state index in [-0.39, 0.29) is 12.1 Å². The summed E-state index contributed by atoms with van der Waals surface area (Å²) in [6.07, 6.45) is 1.51. The number of rotatable bonds is 5. The van der Waals surface area contributed by atoms with E-state index < -0.39 is 10.8 Å². The van der Waals surface area contributed by atoms with Crippen molar-refractivity contribution < 1.29 is 13.7 Å². The largest absolute Gasteiger partial charge is 0.497 e. The molecule has 0 aliphatic carbocycles. The van der Waals surface area contributed by atoms with E-state index in [1.165, 1.54) is 0 Å². The molecule has 1 aromatic carbocycles. The average molecular weight is 282 g/mol. The summed E-state index contributed by atoms with van der Waals surface area (Å²) in [5.41, 5.74) is 1.01. The zero-order valence-electron chi connectivity index (χ0n) is 11.1. The Hall–Kier alpha value is -1.40. The molecule has 1 heterocycles. The summed E-state index contributed by atoms with van der Waals surface area (Å²) in [5, 5.41) is 3.17. The Morgan fingerprint density at radius 3 is 2.68 bits per heavy atom. The molecule has 1 aliphatic heterocycles. The highest BCUT2D eigenvalue weighted by atomic mass is 32.2. The van der Waals surface area contributed by atoms with Gasteiger partial charge < -0.3 is 9.64 Å². The third-order valence-electron chi connectivity index (χ3n) is 3.13. The van der Waals surface area contributed by atoms with Gasteiger partial charge in [0.2, 0.25) is 5.91 Å². The molecule has 1 amide bonds. The first-order chi connectivity index (χ1) is 9.11. The van der Waals surface area contributed by atoms with Crippen LogP contribution in [0.25, 0.3) is 0 Å². The van der Waals surface area contributed by atoms with E-state index in [4.69, 9.17) is 4.74 Å². The van der Waals surface area contributed by atoms with Gasteiger partial charge in [-0.1, -0.05) is 12.1 Å². The van der Waals surface area contributed by atoms with Gasteiger partial charge in [0.05, 0.1) is 13.7 Å². The topological polar surface area (TPSA) is 58.6 Å². The van der Waals surface area contributed by atoms with Crippen LogP contribution in [0.2, 0.25) is 0 Å². The van der Waals surface area contributed by atoms with Gasteiger partial charge in [-0.3, -0.25) is 14.3 Å². The molecule has 2 atom stereocenters. The predicted molar refractivity (Wildman–Crippen MR) is 74.4 cm³/mol. The second kappa shape index (κ2) is 6.16. The number of benzene rings is 1. The standard InChI is InChI=1S/C13H18N2O3S/c1-18-11-5-3-10(4-6-11)13-14-9-12(16)15(13)7-8-19(2)17/h3-6,13-14H,7-9H2,1-2H3. The van der Waals surface area contributed by atoms with E-state index in [9.17, 15) is 9.00 Å². The van der Waals surface area contributed by atoms with E-state index in [1.54, 1.807) is 18.3 Å². The van der Waals surface area contributed by atoms with Gasteiger partial charge in [0.1, 0.15) is 11.9 Å². The quantitative estimate of drug-likeness (QED) is 0.854. The van der Waals surface area contributed by atoms with Crippen molar-refractivity contribution in [3.8, 4) is 5.75 Å². The molecule has 1 saturated heterocycles. The van der Waals surface area contributed by atoms with Crippen LogP contribution in [0.4, 0.5) is 0 Å². The Kier molecular flexibility index (Phi) is 4.55. The predicted octanol–water partition coefficient (Wildman–Crippen LogP) is 0.504. The molecule has 5 nitrogen and oxygen atoms in total. The molecule has 2 rings (SSSR count). The third-order valence-corrected chi connectivity index (χ3v) is 3.89. The maximum absolute atomic E-state index is 11.8. The molecule has 104 valence electrons. The Labute approximate surface area is 115 Å². The average Bonchev–Trinajstić information content (AvgIpc) is 2.78. The number of amides is 1. The van der Waals surface area contributed by atoms with Gasteiger partial charge in [-0.25, -0.2) is 0 Å². The molecule has 1 N–H and O–H groups in total. The summed E-state index contributed by atoms with van der Waals surface area (Å²) in [6, 6.07) is 7.61. The van der Waals surface area contributed by atoms with Crippen LogP contribution < -0.4 is 10.1 Å². The van der Waals surface area contributed by atoms with Gasteiger partial charge >= 0.3 is 0 Å². The summed E-state index contributed by atoms with van der Waals surface area (Å²) in [6.45, 7) is 0.832. The summed E-state index contributed by atoms with van der Waals surface area (Å²) in [4.78, 5) is 13.6. The fourth-order valence-electron chi connectivity index (χ4n) is 2.10. The van der Waals surface area contributed by atoms with Crippen LogP contribution in [-0.4, -0.2) is 47.2 Å². The van der Waals surface area contributed by atoms with E-state index in [0.29, 0.717) is 18.8 Å². The normalized spacial score (nSPS) is 20.6. The van der Waals surface area contributed by atoms with E-state index in [2.05, 4.69) is 5.32 Å². The minimum atomic E-state index is -0.895. The Morgan fingerprint density at radius 2 is 2.11 bits per heavy atom. The number of hydrogen-bond acceptors (Lipinski definition) is 4. The summed E-state index contributed by atoms with van der Waals surface area (Å²) in [5.74, 6) is 1.33. The van der Waals surface area contributed by atoms with Crippen LogP contribution in [0.15, 0.2) is 24.3 Å². The Morgan fingerprint density at radius 1 is 1.42 bits per heavy atom. The van der Waals surface area contributed by atoms with E-state index in [1.807, 2.05) is 24.3 Å². The van der Waals surface area contributed by atoms with Crippen molar-refractivity contribution in [2.24, 2.45) is 0 Å². The van der Waals surface area contributed by atoms with Gasteiger partial charge in [-0.15, -0.1) is 0 Å². The van der Waals surface area contributed by atoms with Crippen LogP contribution >= 0.6 is 0 Å². The molecule has 2 unspecified atom stereocenters. The molecule has 1 aliphatic rings. The smallest absolute Gasteiger partial charge is 0.238 e. The molecule has 0 bridgehead atoms. The number of carbonyl (C=O) groups excluding carboxylic acids is 1. The first-order valence-corrected chi connectivity index (χ1v) is 7.81. The maximum Gasteiger partial charge on any atom is 0.238 e. The van der Waals surface area contributed by atoms with Crippen LogP contribution in [-0.2, 0) is 15.6 Å². The Bertz CT molecular complexity index is 475. The first kappa shape index (κ1) is 14.0. The summed E-state index contributed by atoms with van der Waals surface area (Å²) >= 11 is 0. The lowest BCUT2D eigenvalue weighted by molar-refractivity contribution is -0.127. The van der Waals surface area contributed by atoms with Crippen molar-refractivity contribution in [2.75, 3.05) is 32.2 Å². The minimum Gasteiger partial charge on any atom is -0.497 e. The van der Waals surface area contributed by atoms with Crippen LogP contribution in [0, 0.1) is 0 Å². The fraction of sp³-hybridized carbons (Fsp3) is 0.462. The first-order valence-electron chi connectivity index (χ1n) is 6.08. The van der Waals surface area contributed by atoms with Crippen molar-refractivity contribution in [3.63, 3.8) is 0 Å². The summed E-state index contributed by atoms with van der Waals surface area (Å²) in [7, 11) is 0.726. The Balaban J connectivity index is 2.12. The van der Waals surface area contributed by atoms with E-state index >= 15 is 0 Å². The number of ether oxygens (including phenoxy) is 1. The third kappa shape index (κ3) is 3.33. The van der Waals surface area contributed by atoms with Crippen molar-refractivity contribution in [1.82, 2.24) is 10.2 Å². The van der Waals surface area contributed by atoms with Gasteiger partial charge in [0.15, 0.2) is 0 Å². The lowest BCUT2D eigenvalue weighted by atomic mass is 10.1.